The first-order chi connectivity index (χ1) is 17.0. The summed E-state index contributed by atoms with van der Waals surface area (Å²) in [4.78, 5) is 42.1. The van der Waals surface area contributed by atoms with E-state index in [1.807, 2.05) is 0 Å². The molecule has 13 heteroatoms. The zero-order valence-corrected chi connectivity index (χ0v) is 21.0. The summed E-state index contributed by atoms with van der Waals surface area (Å²) in [5.74, 6) is -1.59. The van der Waals surface area contributed by atoms with Gasteiger partial charge in [-0.25, -0.2) is 24.3 Å². The Morgan fingerprint density at radius 3 is 2.31 bits per heavy atom. The fourth-order valence-electron chi connectivity index (χ4n) is 3.21. The van der Waals surface area contributed by atoms with Crippen molar-refractivity contribution in [2.24, 2.45) is 0 Å². The number of anilines is 3. The lowest BCUT2D eigenvalue weighted by Crippen LogP contribution is -2.35. The van der Waals surface area contributed by atoms with Crippen LogP contribution in [-0.4, -0.2) is 57.6 Å². The monoisotopic (exact) mass is 513 g/mol. The fourth-order valence-corrected chi connectivity index (χ4v) is 3.35. The minimum atomic E-state index is -0.900. The Bertz CT molecular complexity index is 1350. The zero-order valence-electron chi connectivity index (χ0n) is 20.2. The largest absolute Gasteiger partial charge is 0.385 e. The summed E-state index contributed by atoms with van der Waals surface area (Å²) in [6.07, 6.45) is 1.15. The molecule has 0 aromatic carbocycles. The van der Waals surface area contributed by atoms with Crippen molar-refractivity contribution < 1.29 is 14.0 Å². The quantitative estimate of drug-likeness (QED) is 0.287. The first-order valence-electron chi connectivity index (χ1n) is 10.8. The number of aryl methyl sites for hydroxylation is 1. The van der Waals surface area contributed by atoms with Crippen molar-refractivity contribution in [1.29, 1.82) is 5.41 Å². The Kier molecular flexibility index (Phi) is 8.22. The number of nitrogens with zero attached hydrogens (tertiary/aromatic N) is 4. The number of nitrogens with one attached hydrogen (secondary N) is 5. The number of carbonyl (C=O) groups excluding carboxylic acids is 2. The molecule has 0 radical (unpaired) electrons. The van der Waals surface area contributed by atoms with Gasteiger partial charge in [0.05, 0.1) is 28.2 Å². The second kappa shape index (κ2) is 11.1. The minimum absolute atomic E-state index is 0.00695. The number of halogens is 2. The lowest BCUT2D eigenvalue weighted by Gasteiger charge is -2.16. The molecule has 3 aromatic heterocycles. The van der Waals surface area contributed by atoms with Gasteiger partial charge in [-0.1, -0.05) is 11.6 Å². The van der Waals surface area contributed by atoms with Crippen LogP contribution >= 0.6 is 11.6 Å². The van der Waals surface area contributed by atoms with Crippen molar-refractivity contribution in [3.05, 3.63) is 52.4 Å². The van der Waals surface area contributed by atoms with Gasteiger partial charge >= 0.3 is 0 Å². The highest BCUT2D eigenvalue weighted by Gasteiger charge is 2.20. The summed E-state index contributed by atoms with van der Waals surface area (Å²) in [5.41, 5.74) is 1.48. The Balaban J connectivity index is 2.13. The maximum Gasteiger partial charge on any atom is 0.278 e. The van der Waals surface area contributed by atoms with E-state index in [2.05, 4.69) is 41.2 Å². The van der Waals surface area contributed by atoms with Crippen LogP contribution in [-0.2, 0) is 4.79 Å². The Morgan fingerprint density at radius 2 is 1.72 bits per heavy atom. The Labute approximate surface area is 211 Å². The molecule has 3 rings (SSSR count). The molecule has 11 nitrogen and oxygen atoms in total. The van der Waals surface area contributed by atoms with Gasteiger partial charge in [0.1, 0.15) is 23.2 Å². The summed E-state index contributed by atoms with van der Waals surface area (Å²) in [6, 6.07) is 3.53. The highest BCUT2D eigenvalue weighted by molar-refractivity contribution is 6.30. The number of rotatable bonds is 8. The second-order valence-corrected chi connectivity index (χ2v) is 8.22. The van der Waals surface area contributed by atoms with Crippen LogP contribution in [0.1, 0.15) is 35.9 Å². The number of amides is 2. The van der Waals surface area contributed by atoms with Gasteiger partial charge in [-0.3, -0.25) is 9.59 Å². The molecule has 0 spiro atoms. The van der Waals surface area contributed by atoms with Gasteiger partial charge in [-0.2, -0.15) is 0 Å². The molecule has 2 amide bonds. The topological polar surface area (TPSA) is 158 Å². The highest BCUT2D eigenvalue weighted by atomic mass is 35.5. The summed E-state index contributed by atoms with van der Waals surface area (Å²) in [6.45, 7) is 4.96. The van der Waals surface area contributed by atoms with E-state index in [9.17, 15) is 14.0 Å². The third-order valence-corrected chi connectivity index (χ3v) is 5.27. The van der Waals surface area contributed by atoms with Gasteiger partial charge in [0.25, 0.3) is 5.91 Å². The number of hydrogen-bond donors (Lipinski definition) is 5. The predicted octanol–water partition coefficient (Wildman–Crippen LogP) is 3.26. The van der Waals surface area contributed by atoms with Crippen LogP contribution in [0.5, 0.6) is 0 Å². The van der Waals surface area contributed by atoms with Gasteiger partial charge in [-0.15, -0.1) is 0 Å². The van der Waals surface area contributed by atoms with Crippen molar-refractivity contribution in [2.75, 3.05) is 30.0 Å². The molecule has 3 aromatic rings. The van der Waals surface area contributed by atoms with E-state index in [0.717, 1.165) is 12.3 Å². The van der Waals surface area contributed by atoms with Gasteiger partial charge in [0.2, 0.25) is 5.91 Å². The molecule has 0 fully saturated rings. The summed E-state index contributed by atoms with van der Waals surface area (Å²) in [5, 5.41) is 19.2. The molecule has 0 bridgehead atoms. The van der Waals surface area contributed by atoms with Crippen LogP contribution in [0.2, 0.25) is 5.02 Å². The van der Waals surface area contributed by atoms with Crippen LogP contribution in [0.3, 0.4) is 0 Å². The number of carbonyl (C=O) groups is 2. The van der Waals surface area contributed by atoms with E-state index in [-0.39, 0.29) is 28.3 Å². The van der Waals surface area contributed by atoms with Crippen molar-refractivity contribution in [1.82, 2.24) is 25.3 Å². The van der Waals surface area contributed by atoms with Crippen molar-refractivity contribution >= 4 is 46.5 Å². The third kappa shape index (κ3) is 5.96. The van der Waals surface area contributed by atoms with E-state index >= 15 is 0 Å². The van der Waals surface area contributed by atoms with E-state index in [4.69, 9.17) is 17.0 Å². The first kappa shape index (κ1) is 26.6. The zero-order chi connectivity index (χ0) is 26.6. The SMILES string of the molecule is CNc1c(C(C)=N)nc(C)nc1-c1cc(NC(=O)c2ncc(Cl)cc2F)nc(NC(=O)C(C)NC)c1. The van der Waals surface area contributed by atoms with Crippen LogP contribution < -0.4 is 21.3 Å². The number of aromatic nitrogens is 4. The van der Waals surface area contributed by atoms with E-state index in [0.29, 0.717) is 28.5 Å². The van der Waals surface area contributed by atoms with Crippen molar-refractivity contribution in [2.45, 2.75) is 26.8 Å². The van der Waals surface area contributed by atoms with Crippen LogP contribution in [0, 0.1) is 18.2 Å². The molecule has 1 atom stereocenters. The third-order valence-electron chi connectivity index (χ3n) is 5.07. The van der Waals surface area contributed by atoms with Crippen molar-refractivity contribution in [3.63, 3.8) is 0 Å². The lowest BCUT2D eigenvalue weighted by atomic mass is 10.1. The molecular formula is C23H25ClFN9O2. The molecule has 0 saturated heterocycles. The molecule has 0 saturated carbocycles. The highest BCUT2D eigenvalue weighted by Crippen LogP contribution is 2.32. The fraction of sp³-hybridized carbons (Fsp3) is 0.261. The summed E-state index contributed by atoms with van der Waals surface area (Å²) in [7, 11) is 3.30. The van der Waals surface area contributed by atoms with Crippen molar-refractivity contribution in [3.8, 4) is 11.3 Å². The van der Waals surface area contributed by atoms with E-state index in [1.54, 1.807) is 40.9 Å². The number of pyridine rings is 2. The average molecular weight is 514 g/mol. The second-order valence-electron chi connectivity index (χ2n) is 7.78. The van der Waals surface area contributed by atoms with Crippen LogP contribution in [0.15, 0.2) is 24.4 Å². The molecule has 0 aliphatic heterocycles. The molecule has 188 valence electrons. The molecular weight excluding hydrogens is 489 g/mol. The normalized spacial score (nSPS) is 11.5. The molecule has 1 unspecified atom stereocenters. The standard InChI is InChI=1S/C23H25ClFN9O2/c1-10(26)18-21(28-5)19(31-12(3)30-18)13-6-16(33-22(35)11(2)27-4)32-17(7-13)34-23(36)20-15(25)8-14(24)9-29-20/h6-9,11,26-28H,1-5H3,(H2,32,33,34,35,36). The van der Waals surface area contributed by atoms with Gasteiger partial charge in [-0.05, 0) is 46.0 Å². The number of likely N-dealkylation sites (N-methyl/N-ethyl adjacent to an activating group) is 1. The summed E-state index contributed by atoms with van der Waals surface area (Å²) < 4.78 is 14.3. The van der Waals surface area contributed by atoms with E-state index < -0.39 is 23.5 Å². The first-order valence-corrected chi connectivity index (χ1v) is 11.2. The molecule has 3 heterocycles. The van der Waals surface area contributed by atoms with Crippen LogP contribution in [0.25, 0.3) is 11.3 Å². The lowest BCUT2D eigenvalue weighted by molar-refractivity contribution is -0.117. The average Bonchev–Trinajstić information content (AvgIpc) is 2.82. The Morgan fingerprint density at radius 1 is 1.06 bits per heavy atom. The maximum atomic E-state index is 14.3. The Hall–Kier alpha value is -4.03. The molecule has 0 aliphatic rings. The van der Waals surface area contributed by atoms with Gasteiger partial charge < -0.3 is 26.7 Å². The van der Waals surface area contributed by atoms with Gasteiger partial charge in [0.15, 0.2) is 11.5 Å². The number of hydrogen-bond acceptors (Lipinski definition) is 9. The molecule has 36 heavy (non-hydrogen) atoms. The van der Waals surface area contributed by atoms with Crippen LogP contribution in [0.4, 0.5) is 21.7 Å². The summed E-state index contributed by atoms with van der Waals surface area (Å²) >= 11 is 5.73. The predicted molar refractivity (Wildman–Crippen MR) is 136 cm³/mol. The molecule has 5 N–H and O–H groups in total. The van der Waals surface area contributed by atoms with E-state index in [1.165, 1.54) is 6.07 Å². The smallest absolute Gasteiger partial charge is 0.278 e. The molecule has 0 aliphatic carbocycles. The maximum absolute atomic E-state index is 14.3. The van der Waals surface area contributed by atoms with Gasteiger partial charge in [0, 0.05) is 18.8 Å². The minimum Gasteiger partial charge on any atom is -0.385 e.